The van der Waals surface area contributed by atoms with Gasteiger partial charge >= 0.3 is 0 Å². The summed E-state index contributed by atoms with van der Waals surface area (Å²) in [5.74, 6) is -0.570. The minimum atomic E-state index is -0.748. The quantitative estimate of drug-likeness (QED) is 0.596. The molecule has 5 atom stereocenters. The van der Waals surface area contributed by atoms with Gasteiger partial charge in [0.25, 0.3) is 5.91 Å². The molecule has 8 heteroatoms. The summed E-state index contributed by atoms with van der Waals surface area (Å²) in [6, 6.07) is 8.10. The van der Waals surface area contributed by atoms with Crippen LogP contribution in [-0.4, -0.2) is 59.1 Å². The van der Waals surface area contributed by atoms with Crippen molar-refractivity contribution in [1.82, 2.24) is 20.5 Å². The fourth-order valence-corrected chi connectivity index (χ4v) is 5.73. The van der Waals surface area contributed by atoms with E-state index in [2.05, 4.69) is 29.5 Å². The number of carbonyl (C=O) groups is 4. The van der Waals surface area contributed by atoms with Crippen molar-refractivity contribution in [2.75, 3.05) is 13.1 Å². The molecule has 168 valence electrons. The van der Waals surface area contributed by atoms with Gasteiger partial charge in [0, 0.05) is 29.9 Å². The van der Waals surface area contributed by atoms with Crippen LogP contribution in [0.1, 0.15) is 37.2 Å². The van der Waals surface area contributed by atoms with E-state index in [-0.39, 0.29) is 47.3 Å². The number of nitrogens with zero attached hydrogens (tertiary/aromatic N) is 1. The molecule has 5 rings (SSSR count). The predicted molar refractivity (Wildman–Crippen MR) is 118 cm³/mol. The average molecular weight is 437 g/mol. The van der Waals surface area contributed by atoms with Crippen LogP contribution in [0.3, 0.4) is 0 Å². The van der Waals surface area contributed by atoms with E-state index in [1.54, 1.807) is 4.90 Å². The summed E-state index contributed by atoms with van der Waals surface area (Å²) in [7, 11) is 0. The molecule has 2 aliphatic heterocycles. The van der Waals surface area contributed by atoms with Crippen LogP contribution in [-0.2, 0) is 14.4 Å². The van der Waals surface area contributed by atoms with Crippen LogP contribution in [0.5, 0.6) is 0 Å². The Morgan fingerprint density at radius 3 is 2.78 bits per heavy atom. The van der Waals surface area contributed by atoms with Crippen LogP contribution in [0.15, 0.2) is 30.3 Å². The lowest BCUT2D eigenvalue weighted by atomic mass is 9.97. The number of hydrogen-bond donors (Lipinski definition) is 3. The van der Waals surface area contributed by atoms with Crippen LogP contribution >= 0.6 is 0 Å². The number of aldehydes is 1. The van der Waals surface area contributed by atoms with Gasteiger partial charge in [-0.25, -0.2) is 0 Å². The Labute approximate surface area is 186 Å². The summed E-state index contributed by atoms with van der Waals surface area (Å²) in [5, 5.41) is 6.52. The van der Waals surface area contributed by atoms with Gasteiger partial charge in [-0.15, -0.1) is 0 Å². The van der Waals surface area contributed by atoms with Crippen molar-refractivity contribution in [3.8, 4) is 0 Å². The number of H-pyrrole nitrogens is 1. The number of aromatic nitrogens is 1. The highest BCUT2D eigenvalue weighted by Gasteiger charge is 2.69. The summed E-state index contributed by atoms with van der Waals surface area (Å²) < 4.78 is 0. The number of hydrogen-bond acceptors (Lipinski definition) is 4. The summed E-state index contributed by atoms with van der Waals surface area (Å²) in [5.41, 5.74) is 1.30. The molecule has 2 saturated heterocycles. The van der Waals surface area contributed by atoms with Gasteiger partial charge in [0.15, 0.2) is 0 Å². The standard InChI is InChI=1S/C24H28N4O4/c1-24(2)16-11-28(23(32)18-10-13-5-3-4-6-17(13)27-18)20(19(16)24)22(31)26-15(12-29)9-14-7-8-25-21(14)30/h3-6,10,12,14-16,19-20,27H,7-9,11H2,1-2H3,(H,25,30)(H,26,31)/t14-,15?,16?,19?,20?/m0/s1. The van der Waals surface area contributed by atoms with E-state index in [0.717, 1.165) is 10.9 Å². The van der Waals surface area contributed by atoms with Gasteiger partial charge < -0.3 is 25.3 Å². The Hall–Kier alpha value is -3.16. The van der Waals surface area contributed by atoms with E-state index in [1.807, 2.05) is 30.3 Å². The number of carbonyl (C=O) groups excluding carboxylic acids is 4. The van der Waals surface area contributed by atoms with Gasteiger partial charge in [-0.2, -0.15) is 0 Å². The number of fused-ring (bicyclic) bond motifs is 2. The van der Waals surface area contributed by atoms with Gasteiger partial charge in [0.05, 0.1) is 6.04 Å². The topological polar surface area (TPSA) is 111 Å². The van der Waals surface area contributed by atoms with Crippen molar-refractivity contribution >= 4 is 34.9 Å². The van der Waals surface area contributed by atoms with Gasteiger partial charge in [0.1, 0.15) is 18.0 Å². The van der Waals surface area contributed by atoms with Gasteiger partial charge in [0.2, 0.25) is 11.8 Å². The van der Waals surface area contributed by atoms with Gasteiger partial charge in [-0.3, -0.25) is 14.4 Å². The minimum absolute atomic E-state index is 0.0265. The fraction of sp³-hybridized carbons (Fsp3) is 0.500. The molecule has 0 spiro atoms. The lowest BCUT2D eigenvalue weighted by Gasteiger charge is -2.30. The molecule has 2 aromatic rings. The maximum absolute atomic E-state index is 13.4. The molecule has 3 fully saturated rings. The summed E-state index contributed by atoms with van der Waals surface area (Å²) >= 11 is 0. The number of aromatic amines is 1. The summed E-state index contributed by atoms with van der Waals surface area (Å²) in [4.78, 5) is 55.1. The first-order valence-corrected chi connectivity index (χ1v) is 11.2. The number of nitrogens with one attached hydrogen (secondary N) is 3. The molecule has 1 aromatic carbocycles. The van der Waals surface area contributed by atoms with Crippen molar-refractivity contribution in [2.24, 2.45) is 23.2 Å². The second kappa shape index (κ2) is 7.46. The van der Waals surface area contributed by atoms with Crippen molar-refractivity contribution in [1.29, 1.82) is 0 Å². The van der Waals surface area contributed by atoms with Crippen LogP contribution < -0.4 is 10.6 Å². The van der Waals surface area contributed by atoms with E-state index in [0.29, 0.717) is 31.5 Å². The van der Waals surface area contributed by atoms with Crippen molar-refractivity contribution in [3.05, 3.63) is 36.0 Å². The molecule has 0 bridgehead atoms. The first kappa shape index (κ1) is 20.7. The normalized spacial score (nSPS) is 28.8. The lowest BCUT2D eigenvalue weighted by Crippen LogP contribution is -2.52. The lowest BCUT2D eigenvalue weighted by molar-refractivity contribution is -0.129. The van der Waals surface area contributed by atoms with Crippen LogP contribution in [0.25, 0.3) is 10.9 Å². The van der Waals surface area contributed by atoms with E-state index in [9.17, 15) is 19.2 Å². The van der Waals surface area contributed by atoms with Crippen LogP contribution in [0, 0.1) is 23.2 Å². The monoisotopic (exact) mass is 436 g/mol. The third-order valence-electron chi connectivity index (χ3n) is 7.69. The largest absolute Gasteiger partial charge is 0.356 e. The number of piperidine rings is 1. The highest BCUT2D eigenvalue weighted by Crippen LogP contribution is 2.65. The first-order valence-electron chi connectivity index (χ1n) is 11.2. The van der Waals surface area contributed by atoms with E-state index in [1.165, 1.54) is 0 Å². The Bertz CT molecular complexity index is 1070. The van der Waals surface area contributed by atoms with Gasteiger partial charge in [-0.1, -0.05) is 32.0 Å². The van der Waals surface area contributed by atoms with E-state index in [4.69, 9.17) is 0 Å². The molecule has 1 aromatic heterocycles. The minimum Gasteiger partial charge on any atom is -0.356 e. The molecule has 3 amide bonds. The third kappa shape index (κ3) is 3.29. The molecule has 0 radical (unpaired) electrons. The van der Waals surface area contributed by atoms with Crippen LogP contribution in [0.2, 0.25) is 0 Å². The molecule has 8 nitrogen and oxygen atoms in total. The highest BCUT2D eigenvalue weighted by molar-refractivity contribution is 6.01. The smallest absolute Gasteiger partial charge is 0.271 e. The highest BCUT2D eigenvalue weighted by atomic mass is 16.2. The van der Waals surface area contributed by atoms with Crippen molar-refractivity contribution < 1.29 is 19.2 Å². The second-order valence-corrected chi connectivity index (χ2v) is 9.89. The van der Waals surface area contributed by atoms with E-state index >= 15 is 0 Å². The number of likely N-dealkylation sites (tertiary alicyclic amines) is 1. The average Bonchev–Trinajstić information content (AvgIpc) is 3.29. The number of benzene rings is 1. The van der Waals surface area contributed by atoms with Gasteiger partial charge in [-0.05, 0) is 42.2 Å². The zero-order valence-corrected chi connectivity index (χ0v) is 18.3. The Morgan fingerprint density at radius 2 is 2.09 bits per heavy atom. The molecule has 1 saturated carbocycles. The molecule has 3 heterocycles. The zero-order chi connectivity index (χ0) is 22.6. The van der Waals surface area contributed by atoms with E-state index < -0.39 is 12.1 Å². The second-order valence-electron chi connectivity index (χ2n) is 9.89. The Morgan fingerprint density at radius 1 is 1.31 bits per heavy atom. The number of rotatable bonds is 6. The third-order valence-corrected chi connectivity index (χ3v) is 7.69. The first-order chi connectivity index (χ1) is 15.3. The Kier molecular flexibility index (Phi) is 4.83. The van der Waals surface area contributed by atoms with Crippen LogP contribution in [0.4, 0.5) is 0 Å². The molecule has 4 unspecified atom stereocenters. The summed E-state index contributed by atoms with van der Waals surface area (Å²) in [6.07, 6.45) is 1.63. The van der Waals surface area contributed by atoms with Crippen molar-refractivity contribution in [2.45, 2.75) is 38.8 Å². The maximum Gasteiger partial charge on any atom is 0.271 e. The molecule has 3 N–H and O–H groups in total. The predicted octanol–water partition coefficient (Wildman–Crippen LogP) is 1.47. The molecular weight excluding hydrogens is 408 g/mol. The number of amides is 3. The summed E-state index contributed by atoms with van der Waals surface area (Å²) in [6.45, 7) is 5.35. The maximum atomic E-state index is 13.4. The zero-order valence-electron chi connectivity index (χ0n) is 18.3. The van der Waals surface area contributed by atoms with Crippen molar-refractivity contribution in [3.63, 3.8) is 0 Å². The number of para-hydroxylation sites is 1. The molecule has 32 heavy (non-hydrogen) atoms. The Balaban J connectivity index is 1.35. The fourth-order valence-electron chi connectivity index (χ4n) is 5.73. The molecule has 3 aliphatic rings. The molecule has 1 aliphatic carbocycles. The molecular formula is C24H28N4O4. The SMILES string of the molecule is CC1(C)C2CN(C(=O)c3cc4ccccc4[nH]3)C(C(=O)NC(C=O)C[C@@H]3CCNC3=O)C21.